The highest BCUT2D eigenvalue weighted by molar-refractivity contribution is 6.76. The lowest BCUT2D eigenvalue weighted by Crippen LogP contribution is -2.46. The maximum Gasteiger partial charge on any atom is 0.272 e. The topological polar surface area (TPSA) is 29.1 Å². The molecule has 2 nitrogen and oxygen atoms in total. The molecule has 0 aromatic carbocycles. The fourth-order valence-corrected chi connectivity index (χ4v) is 1.02. The van der Waals surface area contributed by atoms with Gasteiger partial charge in [-0.25, -0.2) is 0 Å². The van der Waals surface area contributed by atoms with Crippen LogP contribution in [0.1, 0.15) is 20.8 Å². The minimum atomic E-state index is -1.92. The minimum Gasteiger partial charge on any atom is -0.346 e. The second kappa shape index (κ2) is 4.73. The van der Waals surface area contributed by atoms with E-state index in [1.807, 2.05) is 20.8 Å². The van der Waals surface area contributed by atoms with Gasteiger partial charge in [-0.2, -0.15) is 0 Å². The number of rotatable bonds is 2. The van der Waals surface area contributed by atoms with Gasteiger partial charge in [0.05, 0.1) is 6.04 Å². The standard InChI is InChI=1S/C9H14Cl3NO/c1-5-6(8(2,3)4)13-7(14)9(10,11)12/h5-6H,1H2,2-4H3,(H,13,14). The third-order valence-electron chi connectivity index (χ3n) is 1.71. The smallest absolute Gasteiger partial charge is 0.272 e. The highest BCUT2D eigenvalue weighted by Gasteiger charge is 2.34. The fourth-order valence-electron chi connectivity index (χ4n) is 0.852. The normalized spacial score (nSPS) is 14.7. The zero-order valence-corrected chi connectivity index (χ0v) is 10.7. The molecule has 1 unspecified atom stereocenters. The number of nitrogens with one attached hydrogen (secondary N) is 1. The van der Waals surface area contributed by atoms with Crippen LogP contribution in [0.15, 0.2) is 12.7 Å². The molecule has 1 amide bonds. The van der Waals surface area contributed by atoms with Crippen molar-refractivity contribution >= 4 is 40.7 Å². The van der Waals surface area contributed by atoms with E-state index in [-0.39, 0.29) is 11.5 Å². The molecule has 5 heteroatoms. The molecule has 82 valence electrons. The Morgan fingerprint density at radius 3 is 2.00 bits per heavy atom. The number of halogens is 3. The van der Waals surface area contributed by atoms with Crippen LogP contribution in [0.5, 0.6) is 0 Å². The summed E-state index contributed by atoms with van der Waals surface area (Å²) in [6.07, 6.45) is 1.62. The summed E-state index contributed by atoms with van der Waals surface area (Å²) in [6.45, 7) is 9.49. The molecule has 14 heavy (non-hydrogen) atoms. The molecular weight excluding hydrogens is 244 g/mol. The molecule has 0 aliphatic carbocycles. The van der Waals surface area contributed by atoms with Crippen molar-refractivity contribution in [3.05, 3.63) is 12.7 Å². The van der Waals surface area contributed by atoms with Crippen molar-refractivity contribution in [3.63, 3.8) is 0 Å². The fraction of sp³-hybridized carbons (Fsp3) is 0.667. The van der Waals surface area contributed by atoms with Crippen molar-refractivity contribution in [2.45, 2.75) is 30.6 Å². The zero-order chi connectivity index (χ0) is 11.6. The lowest BCUT2D eigenvalue weighted by atomic mass is 9.87. The van der Waals surface area contributed by atoms with E-state index in [1.165, 1.54) is 0 Å². The molecule has 0 rings (SSSR count). The molecule has 0 aromatic heterocycles. The quantitative estimate of drug-likeness (QED) is 0.598. The molecule has 0 spiro atoms. The predicted molar refractivity (Wildman–Crippen MR) is 61.9 cm³/mol. The first-order valence-corrected chi connectivity index (χ1v) is 5.22. The van der Waals surface area contributed by atoms with E-state index >= 15 is 0 Å². The van der Waals surface area contributed by atoms with Gasteiger partial charge in [0.15, 0.2) is 0 Å². The summed E-state index contributed by atoms with van der Waals surface area (Å²) in [5.74, 6) is -0.637. The van der Waals surface area contributed by atoms with Crippen LogP contribution < -0.4 is 5.32 Å². The van der Waals surface area contributed by atoms with Crippen molar-refractivity contribution < 1.29 is 4.79 Å². The maximum atomic E-state index is 11.3. The van der Waals surface area contributed by atoms with Gasteiger partial charge in [0.2, 0.25) is 0 Å². The van der Waals surface area contributed by atoms with Crippen molar-refractivity contribution in [3.8, 4) is 0 Å². The second-order valence-electron chi connectivity index (χ2n) is 4.05. The summed E-state index contributed by atoms with van der Waals surface area (Å²) in [5, 5.41) is 2.59. The Hall–Kier alpha value is 0.0800. The number of hydrogen-bond acceptors (Lipinski definition) is 1. The van der Waals surface area contributed by atoms with E-state index in [0.717, 1.165) is 0 Å². The van der Waals surface area contributed by atoms with Crippen molar-refractivity contribution in [1.82, 2.24) is 5.32 Å². The first kappa shape index (κ1) is 14.1. The Kier molecular flexibility index (Phi) is 4.76. The van der Waals surface area contributed by atoms with Crippen LogP contribution in [0.4, 0.5) is 0 Å². The van der Waals surface area contributed by atoms with Gasteiger partial charge < -0.3 is 5.32 Å². The molecule has 0 aliphatic heterocycles. The summed E-state index contributed by atoms with van der Waals surface area (Å²) in [4.78, 5) is 11.3. The van der Waals surface area contributed by atoms with E-state index < -0.39 is 9.70 Å². The number of hydrogen-bond donors (Lipinski definition) is 1. The molecule has 0 aliphatic rings. The van der Waals surface area contributed by atoms with Crippen LogP contribution in [-0.2, 0) is 4.79 Å². The molecule has 0 heterocycles. The Bertz CT molecular complexity index is 227. The Morgan fingerprint density at radius 2 is 1.79 bits per heavy atom. The van der Waals surface area contributed by atoms with Gasteiger partial charge in [-0.1, -0.05) is 61.7 Å². The second-order valence-corrected chi connectivity index (χ2v) is 6.33. The molecular formula is C9H14Cl3NO. The largest absolute Gasteiger partial charge is 0.346 e. The van der Waals surface area contributed by atoms with Crippen molar-refractivity contribution in [2.75, 3.05) is 0 Å². The van der Waals surface area contributed by atoms with Crippen LogP contribution >= 0.6 is 34.8 Å². The van der Waals surface area contributed by atoms with Gasteiger partial charge in [-0.05, 0) is 5.41 Å². The molecule has 1 N–H and O–H groups in total. The Balaban J connectivity index is 4.51. The number of carbonyl (C=O) groups excluding carboxylic acids is 1. The van der Waals surface area contributed by atoms with E-state index in [1.54, 1.807) is 6.08 Å². The van der Waals surface area contributed by atoms with Crippen LogP contribution in [-0.4, -0.2) is 15.7 Å². The van der Waals surface area contributed by atoms with E-state index in [0.29, 0.717) is 0 Å². The first-order chi connectivity index (χ1) is 6.09. The highest BCUT2D eigenvalue weighted by Crippen LogP contribution is 2.28. The third kappa shape index (κ3) is 4.54. The van der Waals surface area contributed by atoms with E-state index in [9.17, 15) is 4.79 Å². The Morgan fingerprint density at radius 1 is 1.36 bits per heavy atom. The number of carbonyl (C=O) groups is 1. The predicted octanol–water partition coefficient (Wildman–Crippen LogP) is 3.07. The molecule has 1 atom stereocenters. The van der Waals surface area contributed by atoms with Crippen LogP contribution in [0, 0.1) is 5.41 Å². The van der Waals surface area contributed by atoms with Gasteiger partial charge >= 0.3 is 0 Å². The van der Waals surface area contributed by atoms with Crippen LogP contribution in [0.25, 0.3) is 0 Å². The van der Waals surface area contributed by atoms with E-state index in [4.69, 9.17) is 34.8 Å². The lowest BCUT2D eigenvalue weighted by molar-refractivity contribution is -0.121. The molecule has 0 fully saturated rings. The summed E-state index contributed by atoms with van der Waals surface area (Å²) >= 11 is 16.3. The monoisotopic (exact) mass is 257 g/mol. The molecule has 0 aromatic rings. The van der Waals surface area contributed by atoms with Crippen molar-refractivity contribution in [1.29, 1.82) is 0 Å². The van der Waals surface area contributed by atoms with Gasteiger partial charge in [0.25, 0.3) is 9.70 Å². The lowest BCUT2D eigenvalue weighted by Gasteiger charge is -2.29. The first-order valence-electron chi connectivity index (χ1n) is 4.09. The summed E-state index contributed by atoms with van der Waals surface area (Å²) in [7, 11) is 0. The van der Waals surface area contributed by atoms with Crippen molar-refractivity contribution in [2.24, 2.45) is 5.41 Å². The maximum absolute atomic E-state index is 11.3. The van der Waals surface area contributed by atoms with E-state index in [2.05, 4.69) is 11.9 Å². The summed E-state index contributed by atoms with van der Waals surface area (Å²) < 4.78 is -1.92. The van der Waals surface area contributed by atoms with Gasteiger partial charge in [-0.3, -0.25) is 4.79 Å². The highest BCUT2D eigenvalue weighted by atomic mass is 35.6. The molecule has 0 saturated heterocycles. The minimum absolute atomic E-state index is 0.159. The average Bonchev–Trinajstić information content (AvgIpc) is 1.95. The van der Waals surface area contributed by atoms with Gasteiger partial charge in [0, 0.05) is 0 Å². The van der Waals surface area contributed by atoms with Gasteiger partial charge in [0.1, 0.15) is 0 Å². The third-order valence-corrected chi connectivity index (χ3v) is 2.23. The number of amides is 1. The van der Waals surface area contributed by atoms with Crippen LogP contribution in [0.2, 0.25) is 0 Å². The molecule has 0 bridgehead atoms. The SMILES string of the molecule is C=CC(NC(=O)C(Cl)(Cl)Cl)C(C)(C)C. The zero-order valence-electron chi connectivity index (χ0n) is 8.40. The molecule has 0 saturated carbocycles. The van der Waals surface area contributed by atoms with Crippen LogP contribution in [0.3, 0.4) is 0 Å². The van der Waals surface area contributed by atoms with Gasteiger partial charge in [-0.15, -0.1) is 6.58 Å². The number of alkyl halides is 3. The summed E-state index contributed by atoms with van der Waals surface area (Å²) in [6, 6.07) is -0.231. The molecule has 0 radical (unpaired) electrons. The Labute approximate surface area is 99.6 Å². The average molecular weight is 259 g/mol. The summed E-state index contributed by atoms with van der Waals surface area (Å²) in [5.41, 5.74) is -0.159.